The first-order valence-electron chi connectivity index (χ1n) is 22.1. The molecule has 1 atom stereocenters. The largest absolute Gasteiger partial charge is 0.334 e. The van der Waals surface area contributed by atoms with Crippen molar-refractivity contribution in [2.75, 3.05) is 9.80 Å². The van der Waals surface area contributed by atoms with Crippen LogP contribution >= 0.6 is 0 Å². The zero-order valence-corrected chi connectivity index (χ0v) is 35.2. The van der Waals surface area contributed by atoms with Gasteiger partial charge in [-0.1, -0.05) is 127 Å². The lowest BCUT2D eigenvalue weighted by molar-refractivity contribution is 0.785. The Hall–Kier alpha value is -8.34. The van der Waals surface area contributed by atoms with E-state index in [1.54, 1.807) is 0 Å². The standard InChI is InChI=1S/C60H44N4/c1-5-17-45(18-6-1)61(46-19-7-2-8-20-46)49-31-35-51(36-32-49)63-57-27-15-13-25-53(57)55-41-43(29-39-59(55)63)44-30-40-60-56(42-44)54-26-14-16-28-58(54)64(60)52-37-33-50(34-38-52)62(47-21-9-3-10-22-47)48-23-11-4-12-24-48/h1-23,25-42,48H,24H2. The quantitative estimate of drug-likeness (QED) is 0.144. The molecule has 0 fully saturated rings. The Morgan fingerprint density at radius 3 is 1.23 bits per heavy atom. The van der Waals surface area contributed by atoms with Crippen LogP contribution in [0.1, 0.15) is 6.42 Å². The molecule has 1 aliphatic rings. The highest BCUT2D eigenvalue weighted by atomic mass is 15.2. The topological polar surface area (TPSA) is 16.3 Å². The molecule has 64 heavy (non-hydrogen) atoms. The second kappa shape index (κ2) is 15.8. The van der Waals surface area contributed by atoms with Crippen LogP contribution < -0.4 is 9.80 Å². The van der Waals surface area contributed by atoms with E-state index in [1.807, 2.05) is 0 Å². The third-order valence-electron chi connectivity index (χ3n) is 12.8. The number of benzene rings is 9. The van der Waals surface area contributed by atoms with E-state index in [0.29, 0.717) is 0 Å². The van der Waals surface area contributed by atoms with Crippen LogP contribution in [0.15, 0.2) is 249 Å². The third-order valence-corrected chi connectivity index (χ3v) is 12.8. The highest BCUT2D eigenvalue weighted by Crippen LogP contribution is 2.40. The minimum atomic E-state index is 0.254. The molecule has 304 valence electrons. The molecule has 0 bridgehead atoms. The zero-order chi connectivity index (χ0) is 42.4. The van der Waals surface area contributed by atoms with Gasteiger partial charge in [-0.3, -0.25) is 0 Å². The minimum Gasteiger partial charge on any atom is -0.334 e. The summed E-state index contributed by atoms with van der Waals surface area (Å²) in [6, 6.07) is 81.7. The summed E-state index contributed by atoms with van der Waals surface area (Å²) in [7, 11) is 0. The van der Waals surface area contributed by atoms with Gasteiger partial charge in [0.05, 0.1) is 28.1 Å². The van der Waals surface area contributed by atoms with Crippen LogP contribution in [-0.4, -0.2) is 15.2 Å². The Morgan fingerprint density at radius 1 is 0.344 bits per heavy atom. The molecule has 0 saturated heterocycles. The number of fused-ring (bicyclic) bond motifs is 6. The van der Waals surface area contributed by atoms with Gasteiger partial charge >= 0.3 is 0 Å². The number of allylic oxidation sites excluding steroid dienone is 2. The van der Waals surface area contributed by atoms with Gasteiger partial charge in [0.1, 0.15) is 0 Å². The summed E-state index contributed by atoms with van der Waals surface area (Å²) in [5.41, 5.74) is 15.2. The summed E-state index contributed by atoms with van der Waals surface area (Å²) in [4.78, 5) is 4.75. The number of hydrogen-bond donors (Lipinski definition) is 0. The lowest BCUT2D eigenvalue weighted by Gasteiger charge is -2.32. The van der Waals surface area contributed by atoms with E-state index < -0.39 is 0 Å². The van der Waals surface area contributed by atoms with Crippen LogP contribution in [-0.2, 0) is 0 Å². The minimum absolute atomic E-state index is 0.254. The summed E-state index contributed by atoms with van der Waals surface area (Å²) in [5.74, 6) is 0. The average molecular weight is 821 g/mol. The molecule has 4 nitrogen and oxygen atoms in total. The molecule has 0 N–H and O–H groups in total. The fraction of sp³-hybridized carbons (Fsp3) is 0.0333. The predicted octanol–water partition coefficient (Wildman–Crippen LogP) is 16.0. The molecule has 0 spiro atoms. The lowest BCUT2D eigenvalue weighted by atomic mass is 10.0. The van der Waals surface area contributed by atoms with E-state index in [2.05, 4.69) is 268 Å². The number of aromatic nitrogens is 2. The van der Waals surface area contributed by atoms with Crippen molar-refractivity contribution in [2.45, 2.75) is 12.5 Å². The molecule has 12 rings (SSSR count). The first-order valence-corrected chi connectivity index (χ1v) is 22.1. The van der Waals surface area contributed by atoms with Gasteiger partial charge in [-0.2, -0.15) is 0 Å². The number of rotatable bonds is 9. The van der Waals surface area contributed by atoms with Gasteiger partial charge < -0.3 is 18.9 Å². The average Bonchev–Trinajstić information content (AvgIpc) is 3.88. The van der Waals surface area contributed by atoms with Crippen molar-refractivity contribution in [1.82, 2.24) is 9.13 Å². The molecular formula is C60H44N4. The van der Waals surface area contributed by atoms with Gasteiger partial charge in [0.15, 0.2) is 0 Å². The van der Waals surface area contributed by atoms with Crippen molar-refractivity contribution in [2.24, 2.45) is 0 Å². The number of hydrogen-bond acceptors (Lipinski definition) is 2. The highest BCUT2D eigenvalue weighted by Gasteiger charge is 2.21. The van der Waals surface area contributed by atoms with E-state index in [1.165, 1.54) is 66.1 Å². The van der Waals surface area contributed by atoms with Gasteiger partial charge in [-0.25, -0.2) is 0 Å². The summed E-state index contributed by atoms with van der Waals surface area (Å²) >= 11 is 0. The second-order valence-corrected chi connectivity index (χ2v) is 16.5. The lowest BCUT2D eigenvalue weighted by Crippen LogP contribution is -2.29. The normalized spacial score (nSPS) is 13.6. The van der Waals surface area contributed by atoms with Crippen LogP contribution in [0.4, 0.5) is 28.4 Å². The second-order valence-electron chi connectivity index (χ2n) is 16.5. The van der Waals surface area contributed by atoms with E-state index in [9.17, 15) is 0 Å². The zero-order valence-electron chi connectivity index (χ0n) is 35.2. The number of para-hydroxylation sites is 5. The molecule has 0 amide bonds. The van der Waals surface area contributed by atoms with Crippen LogP contribution in [0, 0.1) is 0 Å². The van der Waals surface area contributed by atoms with Crippen molar-refractivity contribution >= 4 is 72.0 Å². The van der Waals surface area contributed by atoms with Crippen molar-refractivity contribution in [1.29, 1.82) is 0 Å². The molecule has 11 aromatic rings. The Kier molecular flexibility index (Phi) is 9.27. The molecule has 0 radical (unpaired) electrons. The van der Waals surface area contributed by atoms with Gasteiger partial charge in [0.2, 0.25) is 0 Å². The van der Waals surface area contributed by atoms with Crippen LogP contribution in [0.3, 0.4) is 0 Å². The summed E-state index contributed by atoms with van der Waals surface area (Å²) in [5, 5.41) is 4.96. The van der Waals surface area contributed by atoms with Crippen LogP contribution in [0.2, 0.25) is 0 Å². The van der Waals surface area contributed by atoms with E-state index in [4.69, 9.17) is 0 Å². The maximum absolute atomic E-state index is 2.44. The molecule has 1 unspecified atom stereocenters. The molecule has 4 heteroatoms. The number of anilines is 5. The predicted molar refractivity (Wildman–Crippen MR) is 271 cm³/mol. The van der Waals surface area contributed by atoms with E-state index >= 15 is 0 Å². The van der Waals surface area contributed by atoms with Crippen molar-refractivity contribution in [3.63, 3.8) is 0 Å². The van der Waals surface area contributed by atoms with Gasteiger partial charge in [-0.05, 0) is 139 Å². The van der Waals surface area contributed by atoms with E-state index in [-0.39, 0.29) is 6.04 Å². The summed E-state index contributed by atoms with van der Waals surface area (Å²) in [6.45, 7) is 0. The maximum Gasteiger partial charge on any atom is 0.0559 e. The van der Waals surface area contributed by atoms with Crippen LogP contribution in [0.5, 0.6) is 0 Å². The first-order chi connectivity index (χ1) is 31.8. The third kappa shape index (κ3) is 6.47. The first kappa shape index (κ1) is 37.4. The molecule has 1 aliphatic carbocycles. The molecule has 0 aliphatic heterocycles. The van der Waals surface area contributed by atoms with Crippen LogP contribution in [0.25, 0.3) is 66.1 Å². The monoisotopic (exact) mass is 820 g/mol. The van der Waals surface area contributed by atoms with Crippen molar-refractivity contribution in [3.8, 4) is 22.5 Å². The van der Waals surface area contributed by atoms with Gasteiger partial charge in [0, 0.05) is 61.4 Å². The molecule has 2 heterocycles. The molecular weight excluding hydrogens is 777 g/mol. The molecule has 9 aromatic carbocycles. The summed E-state index contributed by atoms with van der Waals surface area (Å²) < 4.78 is 4.81. The van der Waals surface area contributed by atoms with Crippen molar-refractivity contribution in [3.05, 3.63) is 249 Å². The fourth-order valence-electron chi connectivity index (χ4n) is 9.86. The Bertz CT molecular complexity index is 3470. The number of nitrogens with zero attached hydrogens (tertiary/aromatic N) is 4. The van der Waals surface area contributed by atoms with Gasteiger partial charge in [0.25, 0.3) is 0 Å². The SMILES string of the molecule is C1=CCC(N(c2ccccc2)c2ccc(-n3c4ccccc4c4cc(-c5ccc6c(c5)c5ccccc5n6-c5ccc(N(c6ccccc6)c6ccccc6)cc5)ccc43)cc2)C=C1. The summed E-state index contributed by atoms with van der Waals surface area (Å²) in [6.07, 6.45) is 9.82. The molecule has 2 aromatic heterocycles. The molecule has 0 saturated carbocycles. The van der Waals surface area contributed by atoms with Crippen molar-refractivity contribution < 1.29 is 0 Å². The Labute approximate surface area is 373 Å². The Morgan fingerprint density at radius 2 is 0.750 bits per heavy atom. The fourth-order valence-corrected chi connectivity index (χ4v) is 9.86. The smallest absolute Gasteiger partial charge is 0.0559 e. The highest BCUT2D eigenvalue weighted by molar-refractivity contribution is 6.12. The van der Waals surface area contributed by atoms with Gasteiger partial charge in [-0.15, -0.1) is 0 Å². The maximum atomic E-state index is 2.44. The van der Waals surface area contributed by atoms with E-state index in [0.717, 1.165) is 34.9 Å². The Balaban J connectivity index is 0.915.